The standard InChI is InChI=1S/C71H83NO2/c1-10-56-28-33-59(34-29-56)60-36-42-66(43-37-60)72(67-44-38-64(39-45-67)70(11-2,12-3)49-46-57-24-17-15-18-25-57)65-40-31-58(32-41-65)30-35-61-53-69(74-51-48-55(8)23-21-22-54(6)7)62(52-68(61)73-9)47-50-71(13-4,14-5)63-26-19-16-20-27-63/h15-20,24-47,49-50,52-55H,10-14,21-23,48,51H2,1-9H3/b35-30-,49-46-,50-47-. The van der Waals surface area contributed by atoms with Gasteiger partial charge in [-0.1, -0.05) is 232 Å². The maximum absolute atomic E-state index is 6.75. The molecule has 0 amide bonds. The number of rotatable bonds is 26. The third kappa shape index (κ3) is 14.1. The lowest BCUT2D eigenvalue weighted by Gasteiger charge is -2.31. The molecule has 0 aromatic heterocycles. The van der Waals surface area contributed by atoms with E-state index in [1.165, 1.54) is 52.6 Å². The Bertz CT molecular complexity index is 2850. The highest BCUT2D eigenvalue weighted by Gasteiger charge is 2.27. The first-order valence-electron chi connectivity index (χ1n) is 27.8. The van der Waals surface area contributed by atoms with Gasteiger partial charge in [0.15, 0.2) is 0 Å². The predicted octanol–water partition coefficient (Wildman–Crippen LogP) is 20.3. The summed E-state index contributed by atoms with van der Waals surface area (Å²) in [6.45, 7) is 19.0. The third-order valence-electron chi connectivity index (χ3n) is 15.7. The molecule has 0 radical (unpaired) electrons. The van der Waals surface area contributed by atoms with E-state index < -0.39 is 0 Å². The Morgan fingerprint density at radius 3 is 1.51 bits per heavy atom. The van der Waals surface area contributed by atoms with E-state index in [1.54, 1.807) is 7.11 Å². The third-order valence-corrected chi connectivity index (χ3v) is 15.7. The van der Waals surface area contributed by atoms with Crippen LogP contribution in [-0.4, -0.2) is 13.7 Å². The van der Waals surface area contributed by atoms with Crippen LogP contribution in [0.5, 0.6) is 11.5 Å². The first kappa shape index (κ1) is 54.9. The minimum absolute atomic E-state index is 0.0708. The molecule has 0 aliphatic heterocycles. The molecule has 7 aromatic carbocycles. The molecule has 3 nitrogen and oxygen atoms in total. The average molecular weight is 982 g/mol. The summed E-state index contributed by atoms with van der Waals surface area (Å²) in [5, 5.41) is 0. The average Bonchev–Trinajstić information content (AvgIpc) is 3.45. The maximum Gasteiger partial charge on any atom is 0.127 e. The SMILES string of the molecule is CCc1ccc(-c2ccc(N(c3ccc(/C=C\c4cc(OCCC(C)CCCC(C)C)c(/C=C\C(CC)(CC)c5ccccc5)cc4OC)cc3)c3ccc(C(/C=C\c4ccccc4)(CC)CC)cc3)cc2)cc1. The van der Waals surface area contributed by atoms with Gasteiger partial charge in [0.25, 0.3) is 0 Å². The zero-order valence-corrected chi connectivity index (χ0v) is 46.1. The number of hydrogen-bond acceptors (Lipinski definition) is 3. The van der Waals surface area contributed by atoms with Crippen LogP contribution in [0.4, 0.5) is 17.1 Å². The lowest BCUT2D eigenvalue weighted by atomic mass is 9.75. The molecule has 0 heterocycles. The van der Waals surface area contributed by atoms with E-state index in [2.05, 4.69) is 267 Å². The smallest absolute Gasteiger partial charge is 0.127 e. The summed E-state index contributed by atoms with van der Waals surface area (Å²) in [7, 11) is 1.77. The van der Waals surface area contributed by atoms with Gasteiger partial charge in [0.05, 0.1) is 13.7 Å². The second-order valence-corrected chi connectivity index (χ2v) is 20.8. The van der Waals surface area contributed by atoms with Crippen molar-refractivity contribution in [2.24, 2.45) is 11.8 Å². The van der Waals surface area contributed by atoms with Gasteiger partial charge in [0, 0.05) is 39.0 Å². The molecule has 384 valence electrons. The molecule has 74 heavy (non-hydrogen) atoms. The van der Waals surface area contributed by atoms with Gasteiger partial charge in [0.2, 0.25) is 0 Å². The molecular weight excluding hydrogens is 899 g/mol. The number of anilines is 3. The van der Waals surface area contributed by atoms with E-state index in [0.717, 1.165) is 89.7 Å². The summed E-state index contributed by atoms with van der Waals surface area (Å²) in [6, 6.07) is 61.9. The van der Waals surface area contributed by atoms with Crippen molar-refractivity contribution in [3.8, 4) is 22.6 Å². The van der Waals surface area contributed by atoms with E-state index in [0.29, 0.717) is 12.5 Å². The second-order valence-electron chi connectivity index (χ2n) is 20.8. The first-order chi connectivity index (χ1) is 36.1. The highest BCUT2D eigenvalue weighted by molar-refractivity contribution is 5.81. The van der Waals surface area contributed by atoms with E-state index in [-0.39, 0.29) is 10.8 Å². The molecule has 0 aliphatic rings. The number of benzene rings is 7. The summed E-state index contributed by atoms with van der Waals surface area (Å²) in [5.41, 5.74) is 13.9. The van der Waals surface area contributed by atoms with Crippen LogP contribution in [0.3, 0.4) is 0 Å². The minimum atomic E-state index is -0.0821. The number of nitrogens with zero attached hydrogens (tertiary/aromatic N) is 1. The molecule has 7 aromatic rings. The summed E-state index contributed by atoms with van der Waals surface area (Å²) in [6.07, 6.45) is 23.5. The molecule has 0 spiro atoms. The van der Waals surface area contributed by atoms with Crippen molar-refractivity contribution in [3.05, 3.63) is 221 Å². The Kier molecular flexibility index (Phi) is 20.0. The van der Waals surface area contributed by atoms with Crippen LogP contribution in [-0.2, 0) is 17.3 Å². The van der Waals surface area contributed by atoms with Gasteiger partial charge in [-0.3, -0.25) is 0 Å². The quantitative estimate of drug-likeness (QED) is 0.0505. The molecule has 1 atom stereocenters. The van der Waals surface area contributed by atoms with E-state index in [4.69, 9.17) is 9.47 Å². The summed E-state index contributed by atoms with van der Waals surface area (Å²) in [4.78, 5) is 2.37. The van der Waals surface area contributed by atoms with E-state index in [9.17, 15) is 0 Å². The molecule has 3 heteroatoms. The normalized spacial score (nSPS) is 12.6. The molecule has 0 N–H and O–H groups in total. The van der Waals surface area contributed by atoms with Gasteiger partial charge in [-0.05, 0) is 138 Å². The maximum atomic E-state index is 6.75. The van der Waals surface area contributed by atoms with Crippen LogP contribution in [0, 0.1) is 11.8 Å². The molecule has 0 fully saturated rings. The molecule has 0 saturated carbocycles. The first-order valence-corrected chi connectivity index (χ1v) is 27.8. The Morgan fingerprint density at radius 1 is 0.473 bits per heavy atom. The highest BCUT2D eigenvalue weighted by atomic mass is 16.5. The number of hydrogen-bond donors (Lipinski definition) is 0. The van der Waals surface area contributed by atoms with Crippen LogP contribution in [0.15, 0.2) is 182 Å². The van der Waals surface area contributed by atoms with Crippen LogP contribution in [0.1, 0.15) is 146 Å². The second kappa shape index (κ2) is 26.9. The van der Waals surface area contributed by atoms with E-state index >= 15 is 0 Å². The lowest BCUT2D eigenvalue weighted by molar-refractivity contribution is 0.275. The largest absolute Gasteiger partial charge is 0.496 e. The van der Waals surface area contributed by atoms with Crippen molar-refractivity contribution < 1.29 is 9.47 Å². The molecule has 0 aliphatic carbocycles. The van der Waals surface area contributed by atoms with Crippen LogP contribution in [0.2, 0.25) is 0 Å². The van der Waals surface area contributed by atoms with Gasteiger partial charge < -0.3 is 14.4 Å². The Labute approximate surface area is 446 Å². The van der Waals surface area contributed by atoms with Gasteiger partial charge in [-0.2, -0.15) is 0 Å². The van der Waals surface area contributed by atoms with Gasteiger partial charge in [-0.25, -0.2) is 0 Å². The van der Waals surface area contributed by atoms with Crippen molar-refractivity contribution in [2.75, 3.05) is 18.6 Å². The molecule has 0 saturated heterocycles. The van der Waals surface area contributed by atoms with Crippen molar-refractivity contribution in [2.45, 2.75) is 124 Å². The molecule has 0 bridgehead atoms. The van der Waals surface area contributed by atoms with Crippen molar-refractivity contribution in [1.29, 1.82) is 0 Å². The Hall–Kier alpha value is -6.84. The van der Waals surface area contributed by atoms with Crippen molar-refractivity contribution >= 4 is 41.4 Å². The molecule has 7 rings (SSSR count). The molecule has 1 unspecified atom stereocenters. The van der Waals surface area contributed by atoms with Crippen LogP contribution >= 0.6 is 0 Å². The highest BCUT2D eigenvalue weighted by Crippen LogP contribution is 2.41. The van der Waals surface area contributed by atoms with Gasteiger partial charge >= 0.3 is 0 Å². The number of methoxy groups -OCH3 is 1. The summed E-state index contributed by atoms with van der Waals surface area (Å²) in [5.74, 6) is 3.04. The number of allylic oxidation sites excluding steroid dienone is 2. The zero-order valence-electron chi connectivity index (χ0n) is 46.1. The Morgan fingerprint density at radius 2 is 0.959 bits per heavy atom. The monoisotopic (exact) mass is 982 g/mol. The fourth-order valence-corrected chi connectivity index (χ4v) is 10.4. The van der Waals surface area contributed by atoms with Crippen LogP contribution < -0.4 is 14.4 Å². The lowest BCUT2D eigenvalue weighted by Crippen LogP contribution is -2.21. The number of aryl methyl sites for hydroxylation is 1. The predicted molar refractivity (Wildman–Crippen MR) is 321 cm³/mol. The Balaban J connectivity index is 1.20. The summed E-state index contributed by atoms with van der Waals surface area (Å²) >= 11 is 0. The van der Waals surface area contributed by atoms with Crippen molar-refractivity contribution in [1.82, 2.24) is 0 Å². The number of ether oxygens (including phenoxy) is 2. The topological polar surface area (TPSA) is 21.7 Å². The van der Waals surface area contributed by atoms with Gasteiger partial charge in [-0.15, -0.1) is 0 Å². The minimum Gasteiger partial charge on any atom is -0.496 e. The van der Waals surface area contributed by atoms with Crippen molar-refractivity contribution in [3.63, 3.8) is 0 Å². The van der Waals surface area contributed by atoms with E-state index in [1.807, 2.05) is 0 Å². The van der Waals surface area contributed by atoms with Gasteiger partial charge in [0.1, 0.15) is 11.5 Å². The zero-order chi connectivity index (χ0) is 52.3. The summed E-state index contributed by atoms with van der Waals surface area (Å²) < 4.78 is 12.9. The fraction of sp³-hybridized carbons (Fsp3) is 0.324. The molecular formula is C71H83NO2. The fourth-order valence-electron chi connectivity index (χ4n) is 10.4. The van der Waals surface area contributed by atoms with Crippen LogP contribution in [0.25, 0.3) is 35.4 Å².